The van der Waals surface area contributed by atoms with Gasteiger partial charge in [-0.05, 0) is 18.2 Å². The van der Waals surface area contributed by atoms with E-state index in [0.29, 0.717) is 18.8 Å². The maximum Gasteiger partial charge on any atom is 0.214 e. The van der Waals surface area contributed by atoms with Gasteiger partial charge in [0.25, 0.3) is 0 Å². The largest absolute Gasteiger partial charge is 0.481 e. The molecule has 2 rings (SSSR count). The van der Waals surface area contributed by atoms with Crippen LogP contribution in [0.1, 0.15) is 6.42 Å². The Morgan fingerprint density at radius 3 is 2.68 bits per heavy atom. The molecule has 0 amide bonds. The van der Waals surface area contributed by atoms with E-state index in [1.807, 2.05) is 42.5 Å². The lowest BCUT2D eigenvalue weighted by atomic mass is 10.2. The summed E-state index contributed by atoms with van der Waals surface area (Å²) in [6, 6.07) is 15.9. The second-order valence-corrected chi connectivity index (χ2v) is 3.95. The van der Waals surface area contributed by atoms with E-state index < -0.39 is 0 Å². The van der Waals surface area contributed by atoms with Gasteiger partial charge in [-0.3, -0.25) is 0 Å². The van der Waals surface area contributed by atoms with Crippen LogP contribution in [0.3, 0.4) is 0 Å². The minimum atomic E-state index is 0.458. The number of hydrogen-bond donors (Lipinski definition) is 0. The van der Waals surface area contributed by atoms with Crippen molar-refractivity contribution >= 4 is 11.4 Å². The first-order valence-corrected chi connectivity index (χ1v) is 6.04. The Morgan fingerprint density at radius 1 is 1.21 bits per heavy atom. The molecule has 4 heteroatoms. The van der Waals surface area contributed by atoms with E-state index in [2.05, 4.69) is 16.0 Å². The molecule has 4 nitrogen and oxygen atoms in total. The van der Waals surface area contributed by atoms with E-state index in [1.165, 1.54) is 0 Å². The molecule has 0 unspecified atom stereocenters. The van der Waals surface area contributed by atoms with Gasteiger partial charge in [0.2, 0.25) is 5.88 Å². The van der Waals surface area contributed by atoms with Gasteiger partial charge in [0.15, 0.2) is 0 Å². The topological polar surface area (TPSA) is 49.1 Å². The third-order valence-electron chi connectivity index (χ3n) is 2.75. The molecule has 0 spiro atoms. The average molecular weight is 253 g/mol. The summed E-state index contributed by atoms with van der Waals surface area (Å²) >= 11 is 0. The molecule has 0 aliphatic heterocycles. The Balaban J connectivity index is 2.34. The molecule has 0 fully saturated rings. The molecule has 0 aliphatic rings. The van der Waals surface area contributed by atoms with Crippen molar-refractivity contribution in [1.82, 2.24) is 4.98 Å². The predicted octanol–water partition coefficient (Wildman–Crippen LogP) is 3.14. The summed E-state index contributed by atoms with van der Waals surface area (Å²) < 4.78 is 5.14. The van der Waals surface area contributed by atoms with Gasteiger partial charge in [-0.15, -0.1) is 0 Å². The number of anilines is 2. The lowest BCUT2D eigenvalue weighted by Crippen LogP contribution is -2.18. The van der Waals surface area contributed by atoms with Crippen molar-refractivity contribution < 1.29 is 4.74 Å². The van der Waals surface area contributed by atoms with Gasteiger partial charge in [0.1, 0.15) is 0 Å². The highest BCUT2D eigenvalue weighted by Crippen LogP contribution is 2.27. The van der Waals surface area contributed by atoms with Gasteiger partial charge in [-0.2, -0.15) is 5.26 Å². The molecule has 0 bridgehead atoms. The first-order chi connectivity index (χ1) is 9.35. The monoisotopic (exact) mass is 253 g/mol. The quantitative estimate of drug-likeness (QED) is 0.821. The first kappa shape index (κ1) is 12.9. The van der Waals surface area contributed by atoms with Crippen LogP contribution in [0.15, 0.2) is 48.7 Å². The third-order valence-corrected chi connectivity index (χ3v) is 2.75. The van der Waals surface area contributed by atoms with Gasteiger partial charge in [0.05, 0.1) is 19.6 Å². The first-order valence-electron chi connectivity index (χ1n) is 6.04. The normalized spacial score (nSPS) is 9.68. The smallest absolute Gasteiger partial charge is 0.214 e. The minimum absolute atomic E-state index is 0.458. The van der Waals surface area contributed by atoms with Gasteiger partial charge < -0.3 is 9.64 Å². The number of pyridine rings is 1. The summed E-state index contributed by atoms with van der Waals surface area (Å²) in [5.41, 5.74) is 2.01. The van der Waals surface area contributed by atoms with E-state index in [-0.39, 0.29) is 0 Å². The number of rotatable bonds is 5. The Kier molecular flexibility index (Phi) is 4.35. The lowest BCUT2D eigenvalue weighted by Gasteiger charge is -2.24. The number of nitriles is 1. The molecule has 96 valence electrons. The molecular formula is C15H15N3O. The summed E-state index contributed by atoms with van der Waals surface area (Å²) in [5, 5.41) is 8.80. The Labute approximate surface area is 112 Å². The summed E-state index contributed by atoms with van der Waals surface area (Å²) in [4.78, 5) is 6.18. The fraction of sp³-hybridized carbons (Fsp3) is 0.200. The number of hydrogen-bond acceptors (Lipinski definition) is 4. The number of aromatic nitrogens is 1. The SMILES string of the molecule is COc1cc(N(CCC#N)c2ccccc2)ccn1. The number of para-hydroxylation sites is 1. The van der Waals surface area contributed by atoms with E-state index >= 15 is 0 Å². The van der Waals surface area contributed by atoms with Gasteiger partial charge >= 0.3 is 0 Å². The van der Waals surface area contributed by atoms with Crippen LogP contribution < -0.4 is 9.64 Å². The highest BCUT2D eigenvalue weighted by molar-refractivity contribution is 5.63. The maximum absolute atomic E-state index is 8.80. The van der Waals surface area contributed by atoms with Crippen molar-refractivity contribution in [2.75, 3.05) is 18.6 Å². The fourth-order valence-electron chi connectivity index (χ4n) is 1.86. The Hall–Kier alpha value is -2.54. The zero-order valence-corrected chi connectivity index (χ0v) is 10.8. The van der Waals surface area contributed by atoms with E-state index in [0.717, 1.165) is 11.4 Å². The van der Waals surface area contributed by atoms with Crippen molar-refractivity contribution in [2.24, 2.45) is 0 Å². The zero-order valence-electron chi connectivity index (χ0n) is 10.8. The van der Waals surface area contributed by atoms with Gasteiger partial charge in [-0.1, -0.05) is 18.2 Å². The third kappa shape index (κ3) is 3.23. The van der Waals surface area contributed by atoms with Crippen molar-refractivity contribution in [1.29, 1.82) is 5.26 Å². The van der Waals surface area contributed by atoms with Crippen LogP contribution in [0.25, 0.3) is 0 Å². The summed E-state index contributed by atoms with van der Waals surface area (Å²) in [5.74, 6) is 0.565. The average Bonchev–Trinajstić information content (AvgIpc) is 2.49. The predicted molar refractivity (Wildman–Crippen MR) is 74.5 cm³/mol. The molecule has 0 N–H and O–H groups in total. The minimum Gasteiger partial charge on any atom is -0.481 e. The zero-order chi connectivity index (χ0) is 13.5. The molecule has 0 atom stereocenters. The highest BCUT2D eigenvalue weighted by Gasteiger charge is 2.09. The molecule has 19 heavy (non-hydrogen) atoms. The molecule has 0 saturated carbocycles. The second kappa shape index (κ2) is 6.41. The van der Waals surface area contributed by atoms with Crippen molar-refractivity contribution in [3.63, 3.8) is 0 Å². The van der Waals surface area contributed by atoms with Crippen LogP contribution in [-0.2, 0) is 0 Å². The van der Waals surface area contributed by atoms with Crippen LogP contribution in [0.5, 0.6) is 5.88 Å². The Morgan fingerprint density at radius 2 is 2.00 bits per heavy atom. The number of ether oxygens (including phenoxy) is 1. The van der Waals surface area contributed by atoms with Crippen LogP contribution in [-0.4, -0.2) is 18.6 Å². The molecule has 0 radical (unpaired) electrons. The van der Waals surface area contributed by atoms with Crippen LogP contribution in [0.2, 0.25) is 0 Å². The summed E-state index contributed by atoms with van der Waals surface area (Å²) in [7, 11) is 1.59. The molecule has 1 heterocycles. The maximum atomic E-state index is 8.80. The van der Waals surface area contributed by atoms with Crippen LogP contribution in [0.4, 0.5) is 11.4 Å². The second-order valence-electron chi connectivity index (χ2n) is 3.95. The number of nitrogens with zero attached hydrogens (tertiary/aromatic N) is 3. The van der Waals surface area contributed by atoms with Crippen LogP contribution in [0, 0.1) is 11.3 Å². The van der Waals surface area contributed by atoms with Gasteiger partial charge in [0, 0.05) is 30.2 Å². The van der Waals surface area contributed by atoms with Crippen molar-refractivity contribution in [3.05, 3.63) is 48.7 Å². The van der Waals surface area contributed by atoms with Crippen molar-refractivity contribution in [3.8, 4) is 11.9 Å². The molecule has 2 aromatic rings. The molecule has 0 saturated heterocycles. The van der Waals surface area contributed by atoms with E-state index in [1.54, 1.807) is 13.3 Å². The lowest BCUT2D eigenvalue weighted by molar-refractivity contribution is 0.398. The van der Waals surface area contributed by atoms with E-state index in [4.69, 9.17) is 10.00 Å². The Bertz CT molecular complexity index is 563. The highest BCUT2D eigenvalue weighted by atomic mass is 16.5. The summed E-state index contributed by atoms with van der Waals surface area (Å²) in [6.07, 6.45) is 2.16. The number of benzene rings is 1. The molecule has 0 aliphatic carbocycles. The fourth-order valence-corrected chi connectivity index (χ4v) is 1.86. The van der Waals surface area contributed by atoms with Crippen LogP contribution >= 0.6 is 0 Å². The van der Waals surface area contributed by atoms with Crippen molar-refractivity contribution in [2.45, 2.75) is 6.42 Å². The molecule has 1 aromatic heterocycles. The number of methoxy groups -OCH3 is 1. The molecular weight excluding hydrogens is 238 g/mol. The molecule has 1 aromatic carbocycles. The van der Waals surface area contributed by atoms with E-state index in [9.17, 15) is 0 Å². The summed E-state index contributed by atoms with van der Waals surface area (Å²) in [6.45, 7) is 0.633. The standard InChI is InChI=1S/C15H15N3O/c1-19-15-12-14(8-10-17-15)18(11-5-9-16)13-6-3-2-4-7-13/h2-4,6-8,10,12H,5,11H2,1H3. The van der Waals surface area contributed by atoms with Gasteiger partial charge in [-0.25, -0.2) is 4.98 Å².